The van der Waals surface area contributed by atoms with Gasteiger partial charge in [-0.1, -0.05) is 29.8 Å². The highest BCUT2D eigenvalue weighted by molar-refractivity contribution is 6.30. The monoisotopic (exact) mass is 430 g/mol. The Kier molecular flexibility index (Phi) is 5.29. The highest BCUT2D eigenvalue weighted by atomic mass is 35.5. The number of hydrogen-bond donors (Lipinski definition) is 1. The number of fused-ring (bicyclic) bond motifs is 1. The van der Waals surface area contributed by atoms with Crippen molar-refractivity contribution in [3.63, 3.8) is 0 Å². The first-order chi connectivity index (χ1) is 15.3. The molecular formula is C24H19ClN4O2. The number of ether oxygens (including phenoxy) is 2. The van der Waals surface area contributed by atoms with Crippen molar-refractivity contribution in [2.24, 2.45) is 5.10 Å². The van der Waals surface area contributed by atoms with Gasteiger partial charge < -0.3 is 9.47 Å². The van der Waals surface area contributed by atoms with Crippen molar-refractivity contribution in [3.8, 4) is 28.4 Å². The summed E-state index contributed by atoms with van der Waals surface area (Å²) in [5, 5.41) is 9.90. The van der Waals surface area contributed by atoms with Gasteiger partial charge in [0.2, 0.25) is 0 Å². The number of benzene rings is 3. The number of nitrogens with one attached hydrogen (secondary N) is 1. The second-order valence-electron chi connectivity index (χ2n) is 6.95. The lowest BCUT2D eigenvalue weighted by atomic mass is 10.1. The van der Waals surface area contributed by atoms with Crippen molar-refractivity contribution < 1.29 is 9.47 Å². The van der Waals surface area contributed by atoms with Gasteiger partial charge in [-0.25, -0.2) is 4.68 Å². The van der Waals surface area contributed by atoms with Crippen LogP contribution in [0.25, 0.3) is 16.9 Å². The molecule has 0 bridgehead atoms. The summed E-state index contributed by atoms with van der Waals surface area (Å²) in [5.41, 5.74) is 7.42. The fourth-order valence-corrected chi connectivity index (χ4v) is 3.44. The third-order valence-electron chi connectivity index (χ3n) is 4.82. The minimum Gasteiger partial charge on any atom is -0.486 e. The number of para-hydroxylation sites is 1. The van der Waals surface area contributed by atoms with Crippen LogP contribution in [0.5, 0.6) is 11.5 Å². The topological polar surface area (TPSA) is 60.7 Å². The zero-order valence-electron chi connectivity index (χ0n) is 16.5. The van der Waals surface area contributed by atoms with Crippen LogP contribution in [0, 0.1) is 0 Å². The fourth-order valence-electron chi connectivity index (χ4n) is 3.31. The van der Waals surface area contributed by atoms with Crippen molar-refractivity contribution in [2.75, 3.05) is 18.6 Å². The maximum Gasteiger partial charge on any atom is 0.162 e. The van der Waals surface area contributed by atoms with E-state index >= 15 is 0 Å². The number of hydrogen-bond acceptors (Lipinski definition) is 5. The van der Waals surface area contributed by atoms with Gasteiger partial charge in [0.25, 0.3) is 0 Å². The van der Waals surface area contributed by atoms with Gasteiger partial charge in [-0.3, -0.25) is 5.43 Å². The second kappa shape index (κ2) is 8.53. The minimum atomic E-state index is 0.536. The lowest BCUT2D eigenvalue weighted by molar-refractivity contribution is 0.171. The Morgan fingerprint density at radius 2 is 1.71 bits per heavy atom. The standard InChI is InChI=1S/C24H19ClN4O2/c25-19-7-9-20(10-8-19)27-26-15-18-16-29(21-4-2-1-3-5-21)28-24(18)17-6-11-22-23(14-17)31-13-12-30-22/h1-11,14-16,27H,12-13H2. The highest BCUT2D eigenvalue weighted by Crippen LogP contribution is 2.35. The molecule has 154 valence electrons. The van der Waals surface area contributed by atoms with Crippen molar-refractivity contribution in [2.45, 2.75) is 0 Å². The van der Waals surface area contributed by atoms with Crippen molar-refractivity contribution in [1.82, 2.24) is 9.78 Å². The van der Waals surface area contributed by atoms with Crippen LogP contribution >= 0.6 is 11.6 Å². The summed E-state index contributed by atoms with van der Waals surface area (Å²) < 4.78 is 13.2. The van der Waals surface area contributed by atoms with E-state index in [0.717, 1.165) is 39.7 Å². The zero-order chi connectivity index (χ0) is 21.0. The van der Waals surface area contributed by atoms with Gasteiger partial charge >= 0.3 is 0 Å². The molecule has 5 rings (SSSR count). The molecule has 4 aromatic rings. The number of rotatable bonds is 5. The molecule has 0 atom stereocenters. The molecule has 0 saturated heterocycles. The Balaban J connectivity index is 1.50. The Hall–Kier alpha value is -3.77. The quantitative estimate of drug-likeness (QED) is 0.339. The van der Waals surface area contributed by atoms with Crippen LogP contribution in [0.3, 0.4) is 0 Å². The summed E-state index contributed by atoms with van der Waals surface area (Å²) >= 11 is 5.95. The molecule has 0 radical (unpaired) electrons. The maximum atomic E-state index is 5.95. The van der Waals surface area contributed by atoms with E-state index in [9.17, 15) is 0 Å². The van der Waals surface area contributed by atoms with Gasteiger partial charge in [0.05, 0.1) is 17.6 Å². The third kappa shape index (κ3) is 4.25. The third-order valence-corrected chi connectivity index (χ3v) is 5.07. The Labute approximate surface area is 184 Å². The molecule has 31 heavy (non-hydrogen) atoms. The first-order valence-corrected chi connectivity index (χ1v) is 10.2. The van der Waals surface area contributed by atoms with Gasteiger partial charge in [0.1, 0.15) is 18.9 Å². The minimum absolute atomic E-state index is 0.536. The Morgan fingerprint density at radius 1 is 0.935 bits per heavy atom. The average Bonchev–Trinajstić information content (AvgIpc) is 3.25. The average molecular weight is 431 g/mol. The predicted octanol–water partition coefficient (Wildman–Crippen LogP) is 5.41. The van der Waals surface area contributed by atoms with E-state index in [2.05, 4.69) is 10.5 Å². The summed E-state index contributed by atoms with van der Waals surface area (Å²) in [5.74, 6) is 1.47. The van der Waals surface area contributed by atoms with Crippen molar-refractivity contribution in [1.29, 1.82) is 0 Å². The zero-order valence-corrected chi connectivity index (χ0v) is 17.3. The SMILES string of the molecule is Clc1ccc(NN=Cc2cn(-c3ccccc3)nc2-c2ccc3c(c2)OCCO3)cc1. The number of nitrogens with zero attached hydrogens (tertiary/aromatic N) is 3. The van der Waals surface area contributed by atoms with Crippen LogP contribution in [-0.4, -0.2) is 29.2 Å². The first-order valence-electron chi connectivity index (χ1n) is 9.86. The van der Waals surface area contributed by atoms with Crippen LogP contribution in [0.4, 0.5) is 5.69 Å². The summed E-state index contributed by atoms with van der Waals surface area (Å²) in [6.07, 6.45) is 3.71. The predicted molar refractivity (Wildman–Crippen MR) is 123 cm³/mol. The van der Waals surface area contributed by atoms with Crippen LogP contribution in [0.2, 0.25) is 5.02 Å². The normalized spacial score (nSPS) is 12.8. The molecule has 1 aliphatic heterocycles. The molecule has 7 heteroatoms. The number of aromatic nitrogens is 2. The lowest BCUT2D eigenvalue weighted by Gasteiger charge is -2.18. The van der Waals surface area contributed by atoms with Crippen molar-refractivity contribution >= 4 is 23.5 Å². The molecule has 1 aromatic heterocycles. The molecular weight excluding hydrogens is 412 g/mol. The molecule has 0 unspecified atom stereocenters. The molecule has 0 saturated carbocycles. The largest absolute Gasteiger partial charge is 0.486 e. The molecule has 6 nitrogen and oxygen atoms in total. The fraction of sp³-hybridized carbons (Fsp3) is 0.0833. The lowest BCUT2D eigenvalue weighted by Crippen LogP contribution is -2.15. The Bertz CT molecular complexity index is 1220. The van der Waals surface area contributed by atoms with E-state index in [1.54, 1.807) is 6.21 Å². The van der Waals surface area contributed by atoms with Crippen LogP contribution < -0.4 is 14.9 Å². The van der Waals surface area contributed by atoms with Gasteiger partial charge in [-0.15, -0.1) is 0 Å². The van der Waals surface area contributed by atoms with E-state index in [-0.39, 0.29) is 0 Å². The summed E-state index contributed by atoms with van der Waals surface area (Å²) in [6.45, 7) is 1.09. The molecule has 0 fully saturated rings. The number of hydrazone groups is 1. The molecule has 3 aromatic carbocycles. The summed E-state index contributed by atoms with van der Waals surface area (Å²) in [4.78, 5) is 0. The maximum absolute atomic E-state index is 5.95. The Morgan fingerprint density at radius 3 is 2.52 bits per heavy atom. The van der Waals surface area contributed by atoms with Crippen LogP contribution in [0.15, 0.2) is 84.1 Å². The van der Waals surface area contributed by atoms with Gasteiger partial charge in [-0.05, 0) is 54.6 Å². The molecule has 1 N–H and O–H groups in total. The summed E-state index contributed by atoms with van der Waals surface area (Å²) in [7, 11) is 0. The second-order valence-corrected chi connectivity index (χ2v) is 7.38. The van der Waals surface area contributed by atoms with Gasteiger partial charge in [-0.2, -0.15) is 10.2 Å². The first kappa shape index (κ1) is 19.2. The smallest absolute Gasteiger partial charge is 0.162 e. The van der Waals surface area contributed by atoms with E-state index in [1.807, 2.05) is 83.7 Å². The molecule has 2 heterocycles. The van der Waals surface area contributed by atoms with Crippen molar-refractivity contribution in [3.05, 3.63) is 89.6 Å². The molecule has 1 aliphatic rings. The van der Waals surface area contributed by atoms with E-state index in [0.29, 0.717) is 18.2 Å². The van der Waals surface area contributed by atoms with E-state index in [1.165, 1.54) is 0 Å². The van der Waals surface area contributed by atoms with E-state index < -0.39 is 0 Å². The van der Waals surface area contributed by atoms with E-state index in [4.69, 9.17) is 26.2 Å². The van der Waals surface area contributed by atoms with Crippen LogP contribution in [0.1, 0.15) is 5.56 Å². The summed E-state index contributed by atoms with van der Waals surface area (Å²) in [6, 6.07) is 23.2. The highest BCUT2D eigenvalue weighted by Gasteiger charge is 2.16. The number of halogens is 1. The molecule has 0 amide bonds. The van der Waals surface area contributed by atoms with Crippen LogP contribution in [-0.2, 0) is 0 Å². The van der Waals surface area contributed by atoms with Gasteiger partial charge in [0, 0.05) is 22.3 Å². The molecule has 0 spiro atoms. The van der Waals surface area contributed by atoms with Gasteiger partial charge in [0.15, 0.2) is 11.5 Å². The number of anilines is 1. The molecule has 0 aliphatic carbocycles.